The standard InChI is InChI=1S/C26H22F3N5O.2C2H6/c1-3-6-18-8-10-21(13-17(18)4-2)32-25(35)20-9-11-24(31-16-20)34-23(26(27,28)29)14-22(33-34)19-7-5-12-30-15-19;2*1-2/h4-16H,3H2,1-2H3,(H,32,35);2*1-2H3/b17-4-,18-6-;;. The zero-order valence-corrected chi connectivity index (χ0v) is 23.0. The number of rotatable bonds is 5. The average Bonchev–Trinajstić information content (AvgIpc) is 3.43. The lowest BCUT2D eigenvalue weighted by atomic mass is 10.1. The zero-order chi connectivity index (χ0) is 29.0. The Labute approximate surface area is 227 Å². The van der Waals surface area contributed by atoms with Crippen LogP contribution in [-0.2, 0) is 6.18 Å². The van der Waals surface area contributed by atoms with Crippen LogP contribution in [0.25, 0.3) is 29.2 Å². The van der Waals surface area contributed by atoms with Gasteiger partial charge < -0.3 is 5.32 Å². The van der Waals surface area contributed by atoms with Gasteiger partial charge >= 0.3 is 6.18 Å². The molecular weight excluding hydrogens is 503 g/mol. The van der Waals surface area contributed by atoms with Crippen LogP contribution >= 0.6 is 0 Å². The molecule has 39 heavy (non-hydrogen) atoms. The predicted octanol–water partition coefficient (Wildman–Crippen LogP) is 6.64. The van der Waals surface area contributed by atoms with Crippen molar-refractivity contribution in [1.29, 1.82) is 0 Å². The molecule has 1 N–H and O–H groups in total. The lowest BCUT2D eigenvalue weighted by molar-refractivity contribution is -0.142. The first-order chi connectivity index (χ1) is 18.8. The van der Waals surface area contributed by atoms with Crippen molar-refractivity contribution in [2.24, 2.45) is 0 Å². The van der Waals surface area contributed by atoms with Gasteiger partial charge in [0.25, 0.3) is 5.91 Å². The van der Waals surface area contributed by atoms with Crippen molar-refractivity contribution >= 4 is 23.7 Å². The van der Waals surface area contributed by atoms with Crippen molar-refractivity contribution in [3.8, 4) is 17.1 Å². The van der Waals surface area contributed by atoms with E-state index >= 15 is 0 Å². The van der Waals surface area contributed by atoms with Crippen molar-refractivity contribution in [2.75, 3.05) is 5.32 Å². The quantitative estimate of drug-likeness (QED) is 0.310. The number of hydrogen-bond donors (Lipinski definition) is 1. The zero-order valence-electron chi connectivity index (χ0n) is 23.0. The van der Waals surface area contributed by atoms with Crippen LogP contribution in [0.5, 0.6) is 0 Å². The van der Waals surface area contributed by atoms with Gasteiger partial charge in [-0.3, -0.25) is 9.78 Å². The molecule has 4 aromatic rings. The van der Waals surface area contributed by atoms with E-state index in [1.165, 1.54) is 30.7 Å². The van der Waals surface area contributed by atoms with Crippen LogP contribution in [0.4, 0.5) is 18.9 Å². The fourth-order valence-corrected chi connectivity index (χ4v) is 3.57. The molecule has 1 aromatic carbocycles. The van der Waals surface area contributed by atoms with E-state index in [2.05, 4.69) is 26.5 Å². The first kappa shape index (κ1) is 31.0. The van der Waals surface area contributed by atoms with Crippen LogP contribution in [0.15, 0.2) is 67.1 Å². The molecule has 0 unspecified atom stereocenters. The topological polar surface area (TPSA) is 72.7 Å². The number of alkyl halides is 3. The molecule has 206 valence electrons. The van der Waals surface area contributed by atoms with Crippen LogP contribution in [0.2, 0.25) is 0 Å². The summed E-state index contributed by atoms with van der Waals surface area (Å²) < 4.78 is 41.8. The van der Waals surface area contributed by atoms with Crippen molar-refractivity contribution < 1.29 is 18.0 Å². The average molecular weight is 538 g/mol. The summed E-state index contributed by atoms with van der Waals surface area (Å²) in [5, 5.41) is 8.95. The molecule has 4 rings (SSSR count). The summed E-state index contributed by atoms with van der Waals surface area (Å²) in [6, 6.07) is 12.5. The molecule has 0 saturated heterocycles. The van der Waals surface area contributed by atoms with E-state index in [1.54, 1.807) is 18.2 Å². The van der Waals surface area contributed by atoms with E-state index in [0.29, 0.717) is 11.3 Å². The summed E-state index contributed by atoms with van der Waals surface area (Å²) in [4.78, 5) is 20.7. The maximum atomic E-state index is 13.7. The molecule has 3 aromatic heterocycles. The number of hydrogen-bond acceptors (Lipinski definition) is 4. The van der Waals surface area contributed by atoms with Crippen molar-refractivity contribution in [3.63, 3.8) is 0 Å². The third kappa shape index (κ3) is 7.86. The molecule has 0 aliphatic carbocycles. The Morgan fingerprint density at radius 1 is 1.00 bits per heavy atom. The van der Waals surface area contributed by atoms with E-state index in [0.717, 1.165) is 27.6 Å². The van der Waals surface area contributed by atoms with Crippen molar-refractivity contribution in [3.05, 3.63) is 88.8 Å². The molecule has 9 heteroatoms. The highest BCUT2D eigenvalue weighted by Crippen LogP contribution is 2.33. The van der Waals surface area contributed by atoms with E-state index in [-0.39, 0.29) is 17.1 Å². The summed E-state index contributed by atoms with van der Waals surface area (Å²) in [6.07, 6.45) is 4.46. The number of carbonyl (C=O) groups is 1. The lowest BCUT2D eigenvalue weighted by Gasteiger charge is -2.10. The van der Waals surface area contributed by atoms with E-state index < -0.39 is 17.8 Å². The first-order valence-electron chi connectivity index (χ1n) is 12.9. The number of halogens is 3. The summed E-state index contributed by atoms with van der Waals surface area (Å²) >= 11 is 0. The van der Waals surface area contributed by atoms with Gasteiger partial charge in [0.1, 0.15) is 0 Å². The molecule has 0 aliphatic rings. The maximum Gasteiger partial charge on any atom is 0.433 e. The van der Waals surface area contributed by atoms with Crippen LogP contribution in [0, 0.1) is 0 Å². The Bertz CT molecular complexity index is 1460. The molecule has 0 bridgehead atoms. The normalized spacial score (nSPS) is 11.7. The molecular formula is C30H34F3N5O. The van der Waals surface area contributed by atoms with Crippen LogP contribution < -0.4 is 15.8 Å². The molecule has 1 amide bonds. The summed E-state index contributed by atoms with van der Waals surface area (Å²) in [5.41, 5.74) is 0.384. The third-order valence-electron chi connectivity index (χ3n) is 5.26. The number of aromatic nitrogens is 4. The van der Waals surface area contributed by atoms with Gasteiger partial charge in [-0.25, -0.2) is 9.67 Å². The molecule has 6 nitrogen and oxygen atoms in total. The minimum Gasteiger partial charge on any atom is -0.322 e. The summed E-state index contributed by atoms with van der Waals surface area (Å²) in [6.45, 7) is 12.0. The Morgan fingerprint density at radius 2 is 1.74 bits per heavy atom. The predicted molar refractivity (Wildman–Crippen MR) is 151 cm³/mol. The van der Waals surface area contributed by atoms with Crippen LogP contribution in [0.1, 0.15) is 64.0 Å². The Kier molecular flexibility index (Phi) is 11.6. The number of carbonyl (C=O) groups excluding carboxylic acids is 1. The van der Waals surface area contributed by atoms with E-state index in [9.17, 15) is 18.0 Å². The number of benzene rings is 1. The highest BCUT2D eigenvalue weighted by atomic mass is 19.4. The Morgan fingerprint density at radius 3 is 2.31 bits per heavy atom. The van der Waals surface area contributed by atoms with Gasteiger partial charge in [-0.2, -0.15) is 18.3 Å². The monoisotopic (exact) mass is 537 g/mol. The Hall–Kier alpha value is -4.27. The fourth-order valence-electron chi connectivity index (χ4n) is 3.57. The summed E-state index contributed by atoms with van der Waals surface area (Å²) in [7, 11) is 0. The molecule has 0 fully saturated rings. The molecule has 0 aliphatic heterocycles. The minimum atomic E-state index is -4.65. The molecule has 3 heterocycles. The largest absolute Gasteiger partial charge is 0.433 e. The Balaban J connectivity index is 0.00000127. The van der Waals surface area contributed by atoms with Crippen molar-refractivity contribution in [2.45, 2.75) is 54.1 Å². The van der Waals surface area contributed by atoms with Gasteiger partial charge in [0.05, 0.1) is 11.3 Å². The molecule has 0 spiro atoms. The second kappa shape index (κ2) is 14.6. The fraction of sp³-hybridized carbons (Fsp3) is 0.267. The molecule has 0 atom stereocenters. The molecule has 0 saturated carbocycles. The summed E-state index contributed by atoms with van der Waals surface area (Å²) in [5.74, 6) is -0.489. The van der Waals surface area contributed by atoms with Gasteiger partial charge in [0.2, 0.25) is 0 Å². The lowest BCUT2D eigenvalue weighted by Crippen LogP contribution is -2.25. The van der Waals surface area contributed by atoms with E-state index in [4.69, 9.17) is 0 Å². The number of anilines is 1. The van der Waals surface area contributed by atoms with Gasteiger partial charge in [-0.15, -0.1) is 0 Å². The van der Waals surface area contributed by atoms with Gasteiger partial charge in [-0.05, 0) is 66.2 Å². The highest BCUT2D eigenvalue weighted by molar-refractivity contribution is 6.04. The van der Waals surface area contributed by atoms with Gasteiger partial charge in [0, 0.05) is 29.8 Å². The minimum absolute atomic E-state index is 0.0636. The number of amides is 1. The van der Waals surface area contributed by atoms with Crippen LogP contribution in [-0.4, -0.2) is 25.7 Å². The number of nitrogens with zero attached hydrogens (tertiary/aromatic N) is 4. The second-order valence-corrected chi connectivity index (χ2v) is 7.67. The van der Waals surface area contributed by atoms with Crippen LogP contribution in [0.3, 0.4) is 0 Å². The van der Waals surface area contributed by atoms with Gasteiger partial charge in [0.15, 0.2) is 11.5 Å². The number of nitrogens with one attached hydrogen (secondary N) is 1. The van der Waals surface area contributed by atoms with Crippen molar-refractivity contribution in [1.82, 2.24) is 19.7 Å². The smallest absolute Gasteiger partial charge is 0.322 e. The second-order valence-electron chi connectivity index (χ2n) is 7.67. The van der Waals surface area contributed by atoms with Gasteiger partial charge in [-0.1, -0.05) is 52.8 Å². The van der Waals surface area contributed by atoms with E-state index in [1.807, 2.05) is 59.8 Å². The SMILES string of the molecule is C/C=c1/cc(NC(=O)c2ccc(-n3nc(-c4cccnc4)cc3C(F)(F)F)nc2)cc/c1=C/CC.CC.CC. The highest BCUT2D eigenvalue weighted by Gasteiger charge is 2.36. The maximum absolute atomic E-state index is 13.7. The first-order valence-corrected chi connectivity index (χ1v) is 12.9. The number of pyridine rings is 2. The molecule has 0 radical (unpaired) electrons. The third-order valence-corrected chi connectivity index (χ3v) is 5.26.